The molecule has 65 heavy (non-hydrogen) atoms. The Morgan fingerprint density at radius 3 is 0.846 bits per heavy atom. The molecule has 4 heteroatoms. The predicted octanol–water partition coefficient (Wildman–Crippen LogP) is 16.0. The van der Waals surface area contributed by atoms with E-state index in [2.05, 4.69) is 189 Å². The minimum Gasteiger partial charge on any atom is -0.489 e. The maximum Gasteiger partial charge on any atom is 0.127 e. The van der Waals surface area contributed by atoms with Gasteiger partial charge in [-0.1, -0.05) is 202 Å². The standard InChI is InChI=1S/2C16H18O.C15H16O.C14H14O/c1-13-3-7-15(8-4-13)11-17-12-16-9-5-14(2)6-10-16;1-13-5-3-7-15(9-13)11-17-12-16-8-4-6-14(2)10-16;1-12-3-7-14(8-4-12)11-16-15-9-5-13(2)6-10-15;1-11-3-7-13(8-4-11)15-14-9-5-12(2)6-10-14/h2*3-10H,11-12H2,1-2H3;3-10H,11H2,1-2H3;3-10H,1-2H3. The number of benzene rings is 8. The number of hydrogen-bond donors (Lipinski definition) is 0. The molecule has 0 aliphatic heterocycles. The highest BCUT2D eigenvalue weighted by molar-refractivity contribution is 5.34. The molecule has 0 unspecified atom stereocenters. The average molecular weight is 863 g/mol. The molecule has 0 aromatic heterocycles. The van der Waals surface area contributed by atoms with E-state index in [1.54, 1.807) is 0 Å². The summed E-state index contributed by atoms with van der Waals surface area (Å²) in [5.41, 5.74) is 16.3. The summed E-state index contributed by atoms with van der Waals surface area (Å²) in [6.45, 7) is 20.0. The second kappa shape index (κ2) is 26.8. The molecule has 0 saturated heterocycles. The lowest BCUT2D eigenvalue weighted by atomic mass is 10.1. The van der Waals surface area contributed by atoms with Crippen LogP contribution in [0.5, 0.6) is 17.2 Å². The molecule has 0 bridgehead atoms. The molecule has 0 fully saturated rings. The van der Waals surface area contributed by atoms with Gasteiger partial charge in [0.2, 0.25) is 0 Å². The highest BCUT2D eigenvalue weighted by Crippen LogP contribution is 2.22. The molecule has 8 aromatic carbocycles. The van der Waals surface area contributed by atoms with Gasteiger partial charge in [-0.3, -0.25) is 0 Å². The van der Waals surface area contributed by atoms with Gasteiger partial charge in [-0.25, -0.2) is 0 Å². The van der Waals surface area contributed by atoms with Crippen LogP contribution in [0.3, 0.4) is 0 Å². The third-order valence-corrected chi connectivity index (χ3v) is 10.3. The molecule has 0 heterocycles. The van der Waals surface area contributed by atoms with Crippen molar-refractivity contribution in [1.29, 1.82) is 0 Å². The first-order chi connectivity index (χ1) is 31.4. The topological polar surface area (TPSA) is 36.9 Å². The van der Waals surface area contributed by atoms with Gasteiger partial charge in [0.05, 0.1) is 26.4 Å². The van der Waals surface area contributed by atoms with Crippen LogP contribution in [0, 0.1) is 55.4 Å². The highest BCUT2D eigenvalue weighted by Gasteiger charge is 2.00. The molecule has 0 spiro atoms. The van der Waals surface area contributed by atoms with Crippen LogP contribution in [0.4, 0.5) is 0 Å². The van der Waals surface area contributed by atoms with E-state index in [1.807, 2.05) is 60.7 Å². The summed E-state index contributed by atoms with van der Waals surface area (Å²) in [5, 5.41) is 0. The van der Waals surface area contributed by atoms with Gasteiger partial charge in [-0.2, -0.15) is 0 Å². The normalized spacial score (nSPS) is 10.3. The molecule has 0 saturated carbocycles. The summed E-state index contributed by atoms with van der Waals surface area (Å²) in [5.74, 6) is 2.68. The second-order valence-corrected chi connectivity index (χ2v) is 16.8. The van der Waals surface area contributed by atoms with Crippen LogP contribution in [0.1, 0.15) is 72.3 Å². The van der Waals surface area contributed by atoms with Gasteiger partial charge in [0.25, 0.3) is 0 Å². The van der Waals surface area contributed by atoms with E-state index < -0.39 is 0 Å². The zero-order valence-electron chi connectivity index (χ0n) is 39.6. The third kappa shape index (κ3) is 19.7. The zero-order valence-corrected chi connectivity index (χ0v) is 39.6. The maximum atomic E-state index is 5.72. The Morgan fingerprint density at radius 2 is 0.523 bits per heavy atom. The van der Waals surface area contributed by atoms with Gasteiger partial charge in [-0.15, -0.1) is 0 Å². The SMILES string of the molecule is Cc1ccc(COCc2ccc(C)cc2)cc1.Cc1ccc(COc2ccc(C)cc2)cc1.Cc1ccc(Oc2ccc(C)cc2)cc1.Cc1cccc(COCc2cccc(C)c2)c1. The molecule has 334 valence electrons. The first-order valence-electron chi connectivity index (χ1n) is 22.4. The number of hydrogen-bond acceptors (Lipinski definition) is 4. The summed E-state index contributed by atoms with van der Waals surface area (Å²) < 4.78 is 22.8. The van der Waals surface area contributed by atoms with E-state index in [0.717, 1.165) is 17.2 Å². The van der Waals surface area contributed by atoms with Gasteiger partial charge in [0.1, 0.15) is 23.9 Å². The molecule has 0 N–H and O–H groups in total. The fourth-order valence-electron chi connectivity index (χ4n) is 6.38. The van der Waals surface area contributed by atoms with Crippen molar-refractivity contribution in [3.63, 3.8) is 0 Å². The minimum absolute atomic E-state index is 0.628. The van der Waals surface area contributed by atoms with E-state index in [9.17, 15) is 0 Å². The molecule has 8 aromatic rings. The minimum atomic E-state index is 0.628. The fourth-order valence-corrected chi connectivity index (χ4v) is 6.38. The van der Waals surface area contributed by atoms with Gasteiger partial charge in [-0.05, 0) is 120 Å². The molecular weight excluding hydrogens is 797 g/mol. The summed E-state index contributed by atoms with van der Waals surface area (Å²) in [4.78, 5) is 0. The Bertz CT molecular complexity index is 2360. The van der Waals surface area contributed by atoms with E-state index in [0.29, 0.717) is 33.0 Å². The Kier molecular flexibility index (Phi) is 20.3. The van der Waals surface area contributed by atoms with E-state index in [1.165, 1.54) is 72.3 Å². The second-order valence-electron chi connectivity index (χ2n) is 16.8. The summed E-state index contributed by atoms with van der Waals surface area (Å²) in [7, 11) is 0. The van der Waals surface area contributed by atoms with Crippen LogP contribution < -0.4 is 9.47 Å². The third-order valence-electron chi connectivity index (χ3n) is 10.3. The van der Waals surface area contributed by atoms with E-state index in [-0.39, 0.29) is 0 Å². The Hall–Kier alpha value is -6.72. The van der Waals surface area contributed by atoms with Crippen molar-refractivity contribution in [2.24, 2.45) is 0 Å². The molecule has 0 radical (unpaired) electrons. The number of ether oxygens (including phenoxy) is 4. The molecule has 4 nitrogen and oxygen atoms in total. The lowest BCUT2D eigenvalue weighted by Crippen LogP contribution is -1.95. The highest BCUT2D eigenvalue weighted by atomic mass is 16.5. The fraction of sp³-hybridized carbons (Fsp3) is 0.213. The Balaban J connectivity index is 0.000000163. The van der Waals surface area contributed by atoms with Gasteiger partial charge >= 0.3 is 0 Å². The van der Waals surface area contributed by atoms with Crippen LogP contribution in [-0.4, -0.2) is 0 Å². The van der Waals surface area contributed by atoms with Crippen LogP contribution in [-0.2, 0) is 42.5 Å². The monoisotopic (exact) mass is 862 g/mol. The van der Waals surface area contributed by atoms with Crippen molar-refractivity contribution in [3.05, 3.63) is 266 Å². The van der Waals surface area contributed by atoms with Crippen molar-refractivity contribution in [1.82, 2.24) is 0 Å². The zero-order chi connectivity index (χ0) is 46.2. The van der Waals surface area contributed by atoms with Crippen LogP contribution in [0.25, 0.3) is 0 Å². The largest absolute Gasteiger partial charge is 0.489 e. The van der Waals surface area contributed by atoms with Gasteiger partial charge in [0, 0.05) is 0 Å². The van der Waals surface area contributed by atoms with Crippen molar-refractivity contribution in [2.45, 2.75) is 88.4 Å². The summed E-state index contributed by atoms with van der Waals surface area (Å²) in [6, 6.07) is 66.4. The molecular formula is C61H66O4. The van der Waals surface area contributed by atoms with Crippen molar-refractivity contribution in [2.75, 3.05) is 0 Å². The molecule has 0 aliphatic carbocycles. The molecule has 0 atom stereocenters. The predicted molar refractivity (Wildman–Crippen MR) is 271 cm³/mol. The Morgan fingerprint density at radius 1 is 0.246 bits per heavy atom. The molecule has 0 aliphatic rings. The first kappa shape index (κ1) is 49.3. The Labute approximate surface area is 389 Å². The van der Waals surface area contributed by atoms with Crippen LogP contribution >= 0.6 is 0 Å². The molecule has 8 rings (SSSR count). The quantitative estimate of drug-likeness (QED) is 0.116. The lowest BCUT2D eigenvalue weighted by molar-refractivity contribution is 0.107. The molecule has 0 amide bonds. The van der Waals surface area contributed by atoms with Crippen molar-refractivity contribution < 1.29 is 18.9 Å². The summed E-state index contributed by atoms with van der Waals surface area (Å²) in [6.07, 6.45) is 0. The number of rotatable bonds is 13. The smallest absolute Gasteiger partial charge is 0.127 e. The van der Waals surface area contributed by atoms with Crippen LogP contribution in [0.15, 0.2) is 194 Å². The van der Waals surface area contributed by atoms with Crippen LogP contribution in [0.2, 0.25) is 0 Å². The van der Waals surface area contributed by atoms with Gasteiger partial charge in [0.15, 0.2) is 0 Å². The van der Waals surface area contributed by atoms with E-state index >= 15 is 0 Å². The average Bonchev–Trinajstić information content (AvgIpc) is 3.30. The number of aryl methyl sites for hydroxylation is 8. The lowest BCUT2D eigenvalue weighted by Gasteiger charge is -2.06. The van der Waals surface area contributed by atoms with Crippen molar-refractivity contribution in [3.8, 4) is 17.2 Å². The van der Waals surface area contributed by atoms with Crippen molar-refractivity contribution >= 4 is 0 Å². The maximum absolute atomic E-state index is 5.72. The van der Waals surface area contributed by atoms with E-state index in [4.69, 9.17) is 18.9 Å². The van der Waals surface area contributed by atoms with Gasteiger partial charge < -0.3 is 18.9 Å². The first-order valence-corrected chi connectivity index (χ1v) is 22.4. The summed E-state index contributed by atoms with van der Waals surface area (Å²) >= 11 is 0.